The molecule has 1 N–H and O–H groups in total. The van der Waals surface area contributed by atoms with Gasteiger partial charge in [-0.25, -0.2) is 0 Å². The third-order valence-electron chi connectivity index (χ3n) is 4.64. The van der Waals surface area contributed by atoms with Crippen molar-refractivity contribution in [1.82, 2.24) is 4.90 Å². The molecule has 152 valence electrons. The smallest absolute Gasteiger partial charge is 0.303 e. The second kappa shape index (κ2) is 9.23. The number of hydrogen-bond acceptors (Lipinski definition) is 5. The van der Waals surface area contributed by atoms with E-state index in [0.29, 0.717) is 52.7 Å². The van der Waals surface area contributed by atoms with Gasteiger partial charge in [0.25, 0.3) is 11.8 Å². The molecular weight excluding hydrogens is 476 g/mol. The Bertz CT molecular complexity index is 944. The van der Waals surface area contributed by atoms with Gasteiger partial charge in [-0.05, 0) is 31.0 Å². The molecule has 0 aromatic heterocycles. The maximum atomic E-state index is 13.1. The van der Waals surface area contributed by atoms with E-state index in [0.717, 1.165) is 21.9 Å². The minimum atomic E-state index is -0.825. The first-order valence-electron chi connectivity index (χ1n) is 9.07. The van der Waals surface area contributed by atoms with Gasteiger partial charge in [0, 0.05) is 29.5 Å². The van der Waals surface area contributed by atoms with Crippen LogP contribution in [-0.2, 0) is 14.4 Å². The second-order valence-corrected chi connectivity index (χ2v) is 9.16. The molecule has 0 aliphatic carbocycles. The zero-order valence-corrected chi connectivity index (χ0v) is 18.7. The zero-order valence-electron chi connectivity index (χ0n) is 15.5. The lowest BCUT2D eigenvalue weighted by molar-refractivity contribution is -0.137. The van der Waals surface area contributed by atoms with E-state index in [2.05, 4.69) is 22.5 Å². The number of nitrogens with zero attached hydrogens (tertiary/aromatic N) is 2. The van der Waals surface area contributed by atoms with Crippen LogP contribution >= 0.6 is 39.9 Å². The number of carbonyl (C=O) groups is 3. The van der Waals surface area contributed by atoms with Crippen LogP contribution in [0.25, 0.3) is 5.57 Å². The van der Waals surface area contributed by atoms with Gasteiger partial charge >= 0.3 is 5.97 Å². The molecule has 0 bridgehead atoms. The maximum Gasteiger partial charge on any atom is 0.303 e. The monoisotopic (exact) mass is 494 g/mol. The summed E-state index contributed by atoms with van der Waals surface area (Å²) >= 11 is 9.96. The van der Waals surface area contributed by atoms with Gasteiger partial charge in [-0.15, -0.1) is 6.58 Å². The molecule has 2 heterocycles. The van der Waals surface area contributed by atoms with Crippen molar-refractivity contribution in [1.29, 1.82) is 0 Å². The summed E-state index contributed by atoms with van der Waals surface area (Å²) in [6, 6.07) is 5.54. The molecule has 1 fully saturated rings. The van der Waals surface area contributed by atoms with E-state index in [1.54, 1.807) is 11.0 Å². The number of carboxylic acid groups (broad SMARTS) is 1. The number of halogens is 1. The van der Waals surface area contributed by atoms with Crippen molar-refractivity contribution in [2.45, 2.75) is 25.7 Å². The summed E-state index contributed by atoms with van der Waals surface area (Å²) in [5.74, 6) is -1.33. The number of hydrogen-bond donors (Lipinski definition) is 1. The Morgan fingerprint density at radius 2 is 1.97 bits per heavy atom. The van der Waals surface area contributed by atoms with Crippen molar-refractivity contribution in [3.63, 3.8) is 0 Å². The van der Waals surface area contributed by atoms with E-state index in [1.807, 2.05) is 18.2 Å². The summed E-state index contributed by atoms with van der Waals surface area (Å²) in [6.07, 6.45) is 3.66. The van der Waals surface area contributed by atoms with Gasteiger partial charge in [-0.3, -0.25) is 19.3 Å². The first-order valence-corrected chi connectivity index (χ1v) is 11.1. The molecular formula is C20H19BrN2O4S2. The number of rotatable bonds is 8. The summed E-state index contributed by atoms with van der Waals surface area (Å²) in [5.41, 5.74) is 1.81. The van der Waals surface area contributed by atoms with Crippen molar-refractivity contribution in [2.75, 3.05) is 18.0 Å². The fourth-order valence-corrected chi connectivity index (χ4v) is 5.04. The minimum Gasteiger partial charge on any atom is -0.481 e. The van der Waals surface area contributed by atoms with E-state index in [4.69, 9.17) is 17.3 Å². The fourth-order valence-electron chi connectivity index (χ4n) is 3.30. The zero-order chi connectivity index (χ0) is 21.1. The Morgan fingerprint density at radius 1 is 1.21 bits per heavy atom. The molecule has 9 heteroatoms. The molecule has 1 aromatic rings. The van der Waals surface area contributed by atoms with Gasteiger partial charge in [-0.1, -0.05) is 52.4 Å². The van der Waals surface area contributed by atoms with E-state index in [9.17, 15) is 14.4 Å². The average Bonchev–Trinajstić information content (AvgIpc) is 3.08. The molecule has 6 nitrogen and oxygen atoms in total. The van der Waals surface area contributed by atoms with Crippen LogP contribution in [0.4, 0.5) is 5.69 Å². The topological polar surface area (TPSA) is 77.9 Å². The molecule has 29 heavy (non-hydrogen) atoms. The van der Waals surface area contributed by atoms with Crippen molar-refractivity contribution in [2.24, 2.45) is 0 Å². The molecule has 0 atom stereocenters. The van der Waals surface area contributed by atoms with Crippen LogP contribution in [0.2, 0.25) is 0 Å². The number of fused-ring (bicyclic) bond motifs is 1. The number of carboxylic acids is 1. The molecule has 3 rings (SSSR count). The van der Waals surface area contributed by atoms with Crippen LogP contribution < -0.4 is 4.90 Å². The number of benzene rings is 1. The Morgan fingerprint density at radius 3 is 2.66 bits per heavy atom. The van der Waals surface area contributed by atoms with E-state index in [1.165, 1.54) is 4.90 Å². The number of thioether (sulfide) groups is 1. The fraction of sp³-hybridized carbons (Fsp3) is 0.300. The molecule has 0 unspecified atom stereocenters. The van der Waals surface area contributed by atoms with Gasteiger partial charge in [0.2, 0.25) is 0 Å². The third kappa shape index (κ3) is 4.46. The normalized spacial score (nSPS) is 18.6. The van der Waals surface area contributed by atoms with Crippen molar-refractivity contribution in [3.8, 4) is 0 Å². The molecule has 2 aliphatic heterocycles. The molecule has 2 aliphatic rings. The third-order valence-corrected chi connectivity index (χ3v) is 6.58. The Labute approximate surface area is 186 Å². The lowest BCUT2D eigenvalue weighted by Gasteiger charge is -2.14. The van der Waals surface area contributed by atoms with Gasteiger partial charge < -0.3 is 10.0 Å². The second-order valence-electron chi connectivity index (χ2n) is 6.60. The number of anilines is 1. The first-order chi connectivity index (χ1) is 13.8. The first kappa shape index (κ1) is 21.7. The van der Waals surface area contributed by atoms with Crippen LogP contribution in [0.1, 0.15) is 31.2 Å². The lowest BCUT2D eigenvalue weighted by Crippen LogP contribution is -2.30. The summed E-state index contributed by atoms with van der Waals surface area (Å²) in [6.45, 7) is 4.47. The van der Waals surface area contributed by atoms with Crippen LogP contribution in [0.15, 0.2) is 40.2 Å². The van der Waals surface area contributed by atoms with Gasteiger partial charge in [0.05, 0.1) is 16.2 Å². The summed E-state index contributed by atoms with van der Waals surface area (Å²) in [5, 5.41) is 8.71. The van der Waals surface area contributed by atoms with Gasteiger partial charge in [-0.2, -0.15) is 0 Å². The highest BCUT2D eigenvalue weighted by atomic mass is 79.9. The molecule has 1 aromatic carbocycles. The standard InChI is InChI=1S/C20H19BrN2O4S2/c1-2-9-22-14-8-7-12(21)11-13(14)16(18(22)26)17-19(27)23(20(28)29-17)10-5-3-4-6-15(24)25/h2,7-8,11H,1,3-6,9-10H2,(H,24,25)/b17-16+. The molecule has 0 spiro atoms. The summed E-state index contributed by atoms with van der Waals surface area (Å²) in [7, 11) is 0. The quantitative estimate of drug-likeness (QED) is 0.252. The molecule has 1 saturated heterocycles. The predicted molar refractivity (Wildman–Crippen MR) is 122 cm³/mol. The number of thiocarbonyl (C=S) groups is 1. The summed E-state index contributed by atoms with van der Waals surface area (Å²) in [4.78, 5) is 40.2. The van der Waals surface area contributed by atoms with Crippen molar-refractivity contribution >= 4 is 73.3 Å². The molecule has 0 radical (unpaired) electrons. The highest BCUT2D eigenvalue weighted by Crippen LogP contribution is 2.45. The minimum absolute atomic E-state index is 0.113. The number of carbonyl (C=O) groups excluding carboxylic acids is 2. The maximum absolute atomic E-state index is 13.1. The van der Waals surface area contributed by atoms with E-state index < -0.39 is 5.97 Å². The Hall–Kier alpha value is -1.97. The predicted octanol–water partition coefficient (Wildman–Crippen LogP) is 4.20. The highest BCUT2D eigenvalue weighted by molar-refractivity contribution is 9.10. The number of unbranched alkanes of at least 4 members (excludes halogenated alkanes) is 2. The van der Waals surface area contributed by atoms with Gasteiger partial charge in [0.15, 0.2) is 0 Å². The summed E-state index contributed by atoms with van der Waals surface area (Å²) < 4.78 is 1.23. The van der Waals surface area contributed by atoms with E-state index >= 15 is 0 Å². The number of amides is 2. The largest absolute Gasteiger partial charge is 0.481 e. The van der Waals surface area contributed by atoms with Crippen LogP contribution in [0.5, 0.6) is 0 Å². The average molecular weight is 495 g/mol. The SMILES string of the molecule is C=CCN1C(=O)/C(=C2/SC(=S)N(CCCCCC(=O)O)C2=O)c2cc(Br)ccc21. The lowest BCUT2D eigenvalue weighted by atomic mass is 10.1. The van der Waals surface area contributed by atoms with Crippen molar-refractivity contribution < 1.29 is 19.5 Å². The molecule has 2 amide bonds. The van der Waals surface area contributed by atoms with Crippen molar-refractivity contribution in [3.05, 3.63) is 45.8 Å². The molecule has 0 saturated carbocycles. The van der Waals surface area contributed by atoms with E-state index in [-0.39, 0.29) is 18.2 Å². The Kier molecular flexibility index (Phi) is 6.92. The van der Waals surface area contributed by atoms with Crippen LogP contribution in [-0.4, -0.2) is 45.2 Å². The highest BCUT2D eigenvalue weighted by Gasteiger charge is 2.41. The van der Waals surface area contributed by atoms with Gasteiger partial charge in [0.1, 0.15) is 4.32 Å². The Balaban J connectivity index is 1.85. The van der Waals surface area contributed by atoms with Crippen LogP contribution in [0, 0.1) is 0 Å². The number of aliphatic carboxylic acids is 1. The van der Waals surface area contributed by atoms with Crippen LogP contribution in [0.3, 0.4) is 0 Å².